The molecule has 6 nitrogen and oxygen atoms in total. The highest BCUT2D eigenvalue weighted by atomic mass is 35.5. The van der Waals surface area contributed by atoms with Gasteiger partial charge in [0.2, 0.25) is 0 Å². The largest absolute Gasteiger partial charge is 0.337 e. The van der Waals surface area contributed by atoms with Crippen LogP contribution in [0.5, 0.6) is 0 Å². The average molecular weight is 435 g/mol. The van der Waals surface area contributed by atoms with Gasteiger partial charge in [-0.15, -0.1) is 0 Å². The van der Waals surface area contributed by atoms with Crippen LogP contribution in [0.4, 0.5) is 0 Å². The van der Waals surface area contributed by atoms with E-state index in [1.54, 1.807) is 18.2 Å². The third-order valence-corrected chi connectivity index (χ3v) is 6.25. The van der Waals surface area contributed by atoms with Gasteiger partial charge in [0.05, 0.1) is 10.7 Å². The van der Waals surface area contributed by atoms with Crippen molar-refractivity contribution in [2.75, 3.05) is 0 Å². The molecule has 1 aliphatic carbocycles. The molecule has 4 rings (SSSR count). The second-order valence-electron chi connectivity index (χ2n) is 7.70. The molecule has 0 radical (unpaired) electrons. The van der Waals surface area contributed by atoms with Crippen LogP contribution < -0.4 is 11.2 Å². The summed E-state index contributed by atoms with van der Waals surface area (Å²) in [5.74, 6) is 1.38. The number of aromatic nitrogens is 4. The summed E-state index contributed by atoms with van der Waals surface area (Å²) in [4.78, 5) is 31.1. The van der Waals surface area contributed by atoms with E-state index in [4.69, 9.17) is 28.2 Å². The van der Waals surface area contributed by atoms with Crippen molar-refractivity contribution < 1.29 is 0 Å². The van der Waals surface area contributed by atoms with E-state index >= 15 is 0 Å². The fourth-order valence-electron chi connectivity index (χ4n) is 4.15. The third-order valence-electron chi connectivity index (χ3n) is 5.71. The van der Waals surface area contributed by atoms with Gasteiger partial charge >= 0.3 is 5.69 Å². The Morgan fingerprint density at radius 1 is 1.21 bits per heavy atom. The van der Waals surface area contributed by atoms with Crippen LogP contribution in [0.25, 0.3) is 16.9 Å². The summed E-state index contributed by atoms with van der Waals surface area (Å²) in [7, 11) is 1.50. The quantitative estimate of drug-likeness (QED) is 0.573. The number of fused-ring (bicyclic) bond motifs is 1. The van der Waals surface area contributed by atoms with Crippen LogP contribution in [0.3, 0.4) is 0 Å². The summed E-state index contributed by atoms with van der Waals surface area (Å²) in [6.07, 6.45) is 5.00. The lowest BCUT2D eigenvalue weighted by atomic mass is 10.1. The number of rotatable bonds is 6. The molecule has 1 aromatic carbocycles. The molecule has 1 saturated carbocycles. The molecule has 0 bridgehead atoms. The van der Waals surface area contributed by atoms with Crippen molar-refractivity contribution >= 4 is 34.4 Å². The first-order valence-corrected chi connectivity index (χ1v) is 10.8. The van der Waals surface area contributed by atoms with Crippen LogP contribution in [0.2, 0.25) is 10.0 Å². The van der Waals surface area contributed by atoms with Crippen LogP contribution >= 0.6 is 23.2 Å². The minimum Gasteiger partial charge on any atom is -0.319 e. The van der Waals surface area contributed by atoms with Crippen LogP contribution in [0.15, 0.2) is 27.8 Å². The topological polar surface area (TPSA) is 61.8 Å². The monoisotopic (exact) mass is 434 g/mol. The molecule has 8 heteroatoms. The molecular formula is C21H24Cl2N4O2. The Balaban J connectivity index is 2.11. The Labute approximate surface area is 178 Å². The summed E-state index contributed by atoms with van der Waals surface area (Å²) in [6, 6.07) is 5.17. The predicted molar refractivity (Wildman–Crippen MR) is 117 cm³/mol. The van der Waals surface area contributed by atoms with Gasteiger partial charge in [-0.25, -0.2) is 14.3 Å². The first-order valence-electron chi connectivity index (χ1n) is 10.1. The average Bonchev–Trinajstić information content (AvgIpc) is 3.46. The minimum atomic E-state index is -0.475. The molecule has 0 aliphatic heterocycles. The number of halogens is 2. The summed E-state index contributed by atoms with van der Waals surface area (Å²) in [5.41, 5.74) is 0.506. The van der Waals surface area contributed by atoms with Crippen LogP contribution in [-0.4, -0.2) is 18.7 Å². The van der Waals surface area contributed by atoms with Gasteiger partial charge in [0.25, 0.3) is 5.56 Å². The number of benzene rings is 1. The zero-order valence-electron chi connectivity index (χ0n) is 16.8. The fourth-order valence-corrected chi connectivity index (χ4v) is 4.64. The molecule has 0 spiro atoms. The molecule has 1 unspecified atom stereocenters. The Hall–Kier alpha value is -2.05. The molecule has 154 valence electrons. The van der Waals surface area contributed by atoms with Crippen molar-refractivity contribution in [3.63, 3.8) is 0 Å². The number of hydrogen-bond acceptors (Lipinski definition) is 3. The van der Waals surface area contributed by atoms with Crippen molar-refractivity contribution in [1.29, 1.82) is 0 Å². The van der Waals surface area contributed by atoms with Gasteiger partial charge in [0.15, 0.2) is 11.2 Å². The summed E-state index contributed by atoms with van der Waals surface area (Å²) < 4.78 is 4.67. The van der Waals surface area contributed by atoms with E-state index in [1.165, 1.54) is 11.6 Å². The number of hydrogen-bond donors (Lipinski definition) is 0. The van der Waals surface area contributed by atoms with Crippen LogP contribution in [-0.2, 0) is 13.5 Å². The highest BCUT2D eigenvalue weighted by Crippen LogP contribution is 2.43. The maximum absolute atomic E-state index is 13.2. The zero-order chi connectivity index (χ0) is 20.9. The van der Waals surface area contributed by atoms with Crippen molar-refractivity contribution in [2.24, 2.45) is 13.0 Å². The molecule has 3 aromatic rings. The van der Waals surface area contributed by atoms with Crippen molar-refractivity contribution in [2.45, 2.75) is 52.0 Å². The Morgan fingerprint density at radius 3 is 2.52 bits per heavy atom. The molecule has 0 amide bonds. The molecule has 29 heavy (non-hydrogen) atoms. The molecule has 1 atom stereocenters. The van der Waals surface area contributed by atoms with E-state index in [1.807, 2.05) is 6.92 Å². The maximum Gasteiger partial charge on any atom is 0.337 e. The minimum absolute atomic E-state index is 0.222. The smallest absolute Gasteiger partial charge is 0.319 e. The second-order valence-corrected chi connectivity index (χ2v) is 8.54. The van der Waals surface area contributed by atoms with Gasteiger partial charge in [0.1, 0.15) is 5.82 Å². The lowest BCUT2D eigenvalue weighted by molar-refractivity contribution is 0.408. The highest BCUT2D eigenvalue weighted by Gasteiger charge is 2.35. The first-order chi connectivity index (χ1) is 13.9. The first kappa shape index (κ1) is 20.2. The lowest BCUT2D eigenvalue weighted by Gasteiger charge is -2.21. The van der Waals surface area contributed by atoms with E-state index in [0.717, 1.165) is 36.1 Å². The van der Waals surface area contributed by atoms with E-state index in [9.17, 15) is 9.59 Å². The van der Waals surface area contributed by atoms with Gasteiger partial charge in [0, 0.05) is 24.5 Å². The highest BCUT2D eigenvalue weighted by molar-refractivity contribution is 6.35. The standard InChI is InChI=1S/C21H24Cl2N4O2/c1-4-6-15(12-7-8-12)26-17(5-2)24-19-18(26)20(28)25(3)21(29)27(19)16-10-9-13(22)11-14(16)23/h9-12,15H,4-8H2,1-3H3. The zero-order valence-corrected chi connectivity index (χ0v) is 18.3. The SMILES string of the molecule is CCCC(C1CC1)n1c(CC)nc2c1c(=O)n(C)c(=O)n2-c1ccc(Cl)cc1Cl. The van der Waals surface area contributed by atoms with Crippen molar-refractivity contribution in [3.05, 3.63) is 54.9 Å². The van der Waals surface area contributed by atoms with E-state index in [2.05, 4.69) is 11.5 Å². The summed E-state index contributed by atoms with van der Waals surface area (Å²) >= 11 is 12.5. The number of nitrogens with zero attached hydrogens (tertiary/aromatic N) is 4. The molecule has 1 aliphatic rings. The third kappa shape index (κ3) is 3.32. The Kier molecular flexibility index (Phi) is 5.34. The number of imidazole rings is 1. The van der Waals surface area contributed by atoms with Crippen LogP contribution in [0, 0.1) is 5.92 Å². The van der Waals surface area contributed by atoms with Gasteiger partial charge in [-0.2, -0.15) is 0 Å². The lowest BCUT2D eigenvalue weighted by Crippen LogP contribution is -2.38. The Morgan fingerprint density at radius 2 is 1.93 bits per heavy atom. The molecular weight excluding hydrogens is 411 g/mol. The van der Waals surface area contributed by atoms with E-state index in [-0.39, 0.29) is 11.6 Å². The van der Waals surface area contributed by atoms with E-state index < -0.39 is 5.69 Å². The molecule has 0 N–H and O–H groups in total. The normalized spacial score (nSPS) is 15.2. The van der Waals surface area contributed by atoms with Gasteiger partial charge in [-0.1, -0.05) is 43.5 Å². The number of aryl methyl sites for hydroxylation is 1. The Bertz CT molecular complexity index is 1200. The summed E-state index contributed by atoms with van der Waals surface area (Å²) in [6.45, 7) is 4.18. The molecule has 1 fully saturated rings. The van der Waals surface area contributed by atoms with Gasteiger partial charge in [-0.05, 0) is 43.4 Å². The van der Waals surface area contributed by atoms with Gasteiger partial charge < -0.3 is 4.57 Å². The van der Waals surface area contributed by atoms with Crippen LogP contribution in [0.1, 0.15) is 51.4 Å². The van der Waals surface area contributed by atoms with Gasteiger partial charge in [-0.3, -0.25) is 9.36 Å². The van der Waals surface area contributed by atoms with Crippen molar-refractivity contribution in [3.8, 4) is 5.69 Å². The van der Waals surface area contributed by atoms with Crippen molar-refractivity contribution in [1.82, 2.24) is 18.7 Å². The second kappa shape index (κ2) is 7.65. The molecule has 2 heterocycles. The molecule has 2 aromatic heterocycles. The predicted octanol–water partition coefficient (Wildman–Crippen LogP) is 4.51. The van der Waals surface area contributed by atoms with E-state index in [0.29, 0.717) is 39.2 Å². The molecule has 0 saturated heterocycles. The maximum atomic E-state index is 13.2. The fraction of sp³-hybridized carbons (Fsp3) is 0.476. The summed E-state index contributed by atoms with van der Waals surface area (Å²) in [5, 5.41) is 0.809.